The summed E-state index contributed by atoms with van der Waals surface area (Å²) in [5, 5.41) is 12.7. The van der Waals surface area contributed by atoms with Crippen LogP contribution < -0.4 is 5.32 Å². The summed E-state index contributed by atoms with van der Waals surface area (Å²) in [5.41, 5.74) is 0.335. The number of carboxylic acid groups (broad SMARTS) is 1. The molecule has 2 bridgehead atoms. The van der Waals surface area contributed by atoms with Crippen molar-refractivity contribution in [1.82, 2.24) is 0 Å². The molecule has 0 aromatic heterocycles. The minimum Gasteiger partial charge on any atom is -0.481 e. The largest absolute Gasteiger partial charge is 0.481 e. The molecular weight excluding hydrogens is 313 g/mol. The van der Waals surface area contributed by atoms with E-state index in [2.05, 4.69) is 5.32 Å². The van der Waals surface area contributed by atoms with E-state index in [0.29, 0.717) is 22.2 Å². The summed E-state index contributed by atoms with van der Waals surface area (Å²) in [7, 11) is 0. The molecule has 2 aliphatic rings. The molecule has 0 aliphatic heterocycles. The highest BCUT2D eigenvalue weighted by Crippen LogP contribution is 2.48. The van der Waals surface area contributed by atoms with Gasteiger partial charge in [0.25, 0.3) is 0 Å². The zero-order chi connectivity index (χ0) is 15.1. The molecule has 1 saturated carbocycles. The van der Waals surface area contributed by atoms with Crippen LogP contribution in [-0.4, -0.2) is 17.0 Å². The van der Waals surface area contributed by atoms with Crippen LogP contribution in [0.3, 0.4) is 0 Å². The zero-order valence-electron chi connectivity index (χ0n) is 10.9. The summed E-state index contributed by atoms with van der Waals surface area (Å²) >= 11 is 12.1. The summed E-state index contributed by atoms with van der Waals surface area (Å²) in [6, 6.07) is 4.93. The van der Waals surface area contributed by atoms with Gasteiger partial charge in [0.15, 0.2) is 0 Å². The van der Waals surface area contributed by atoms with Crippen LogP contribution in [0.4, 0.5) is 5.69 Å². The molecule has 1 fully saturated rings. The Kier molecular flexibility index (Phi) is 3.68. The van der Waals surface area contributed by atoms with Gasteiger partial charge >= 0.3 is 5.97 Å². The fourth-order valence-corrected chi connectivity index (χ4v) is 3.83. The molecule has 3 rings (SSSR count). The van der Waals surface area contributed by atoms with Gasteiger partial charge in [-0.3, -0.25) is 9.59 Å². The molecule has 1 aromatic rings. The smallest absolute Gasteiger partial charge is 0.307 e. The molecule has 110 valence electrons. The van der Waals surface area contributed by atoms with Crippen LogP contribution in [0.2, 0.25) is 10.0 Å². The highest BCUT2D eigenvalue weighted by molar-refractivity contribution is 6.39. The normalized spacial score (nSPS) is 29.6. The number of anilines is 1. The van der Waals surface area contributed by atoms with E-state index in [1.165, 1.54) is 0 Å². The monoisotopic (exact) mass is 325 g/mol. The van der Waals surface area contributed by atoms with E-state index in [9.17, 15) is 14.7 Å². The van der Waals surface area contributed by atoms with Gasteiger partial charge in [0.05, 0.1) is 27.6 Å². The number of halogens is 2. The molecule has 0 spiro atoms. The van der Waals surface area contributed by atoms with Gasteiger partial charge in [0, 0.05) is 0 Å². The third kappa shape index (κ3) is 2.43. The first-order valence-electron chi connectivity index (χ1n) is 6.65. The van der Waals surface area contributed by atoms with Crippen LogP contribution >= 0.6 is 23.2 Å². The Bertz CT molecular complexity index is 624. The van der Waals surface area contributed by atoms with E-state index in [0.717, 1.165) is 0 Å². The molecule has 6 heteroatoms. The Balaban J connectivity index is 1.85. The van der Waals surface area contributed by atoms with E-state index in [-0.39, 0.29) is 17.7 Å². The molecule has 4 nitrogen and oxygen atoms in total. The van der Waals surface area contributed by atoms with Gasteiger partial charge in [-0.2, -0.15) is 0 Å². The molecule has 21 heavy (non-hydrogen) atoms. The summed E-state index contributed by atoms with van der Waals surface area (Å²) in [4.78, 5) is 23.9. The molecule has 4 atom stereocenters. The number of carbonyl (C=O) groups excluding carboxylic acids is 1. The van der Waals surface area contributed by atoms with Crippen molar-refractivity contribution >= 4 is 40.8 Å². The van der Waals surface area contributed by atoms with Gasteiger partial charge < -0.3 is 10.4 Å². The topological polar surface area (TPSA) is 66.4 Å². The molecular formula is C15H13Cl2NO3. The highest BCUT2D eigenvalue weighted by atomic mass is 35.5. The Morgan fingerprint density at radius 2 is 1.67 bits per heavy atom. The Morgan fingerprint density at radius 3 is 2.24 bits per heavy atom. The van der Waals surface area contributed by atoms with Gasteiger partial charge in [0.1, 0.15) is 0 Å². The SMILES string of the molecule is O=C(O)C1C2C=CC(C2)C1C(=O)Nc1c(Cl)cccc1Cl. The van der Waals surface area contributed by atoms with Crippen molar-refractivity contribution in [2.24, 2.45) is 23.7 Å². The third-order valence-corrected chi connectivity index (χ3v) is 4.89. The summed E-state index contributed by atoms with van der Waals surface area (Å²) in [6.07, 6.45) is 4.55. The quantitative estimate of drug-likeness (QED) is 0.836. The molecule has 0 radical (unpaired) electrons. The predicted octanol–water partition coefficient (Wildman–Crippen LogP) is 3.45. The van der Waals surface area contributed by atoms with Gasteiger partial charge in [-0.1, -0.05) is 41.4 Å². The molecule has 2 aliphatic carbocycles. The number of aliphatic carboxylic acids is 1. The maximum Gasteiger partial charge on any atom is 0.307 e. The second-order valence-electron chi connectivity index (χ2n) is 5.42. The van der Waals surface area contributed by atoms with Crippen LogP contribution in [0.15, 0.2) is 30.4 Å². The Hall–Kier alpha value is -1.52. The number of carboxylic acids is 1. The van der Waals surface area contributed by atoms with E-state index >= 15 is 0 Å². The maximum absolute atomic E-state index is 12.5. The lowest BCUT2D eigenvalue weighted by atomic mass is 9.82. The van der Waals surface area contributed by atoms with Crippen LogP contribution in [0.1, 0.15) is 6.42 Å². The number of hydrogen-bond acceptors (Lipinski definition) is 2. The van der Waals surface area contributed by atoms with Crippen LogP contribution in [0.5, 0.6) is 0 Å². The Morgan fingerprint density at radius 1 is 1.10 bits per heavy atom. The van der Waals surface area contributed by atoms with Crippen molar-refractivity contribution < 1.29 is 14.7 Å². The first-order valence-corrected chi connectivity index (χ1v) is 7.40. The molecule has 0 saturated heterocycles. The van der Waals surface area contributed by atoms with Crippen LogP contribution in [-0.2, 0) is 9.59 Å². The van der Waals surface area contributed by atoms with Crippen molar-refractivity contribution in [3.8, 4) is 0 Å². The van der Waals surface area contributed by atoms with E-state index in [4.69, 9.17) is 23.2 Å². The number of benzene rings is 1. The number of nitrogens with one attached hydrogen (secondary N) is 1. The minimum atomic E-state index is -0.933. The number of carbonyl (C=O) groups is 2. The average Bonchev–Trinajstić information content (AvgIpc) is 3.03. The summed E-state index contributed by atoms with van der Waals surface area (Å²) < 4.78 is 0. The number of allylic oxidation sites excluding steroid dienone is 2. The fourth-order valence-electron chi connectivity index (χ4n) is 3.34. The van der Waals surface area contributed by atoms with Gasteiger partial charge in [0.2, 0.25) is 5.91 Å². The predicted molar refractivity (Wildman–Crippen MR) is 80.4 cm³/mol. The van der Waals surface area contributed by atoms with E-state index < -0.39 is 17.8 Å². The first kappa shape index (κ1) is 14.4. The standard InChI is InChI=1S/C15H13Cl2NO3/c16-9-2-1-3-10(17)13(9)18-14(19)11-7-4-5-8(6-7)12(11)15(20)21/h1-5,7-8,11-12H,6H2,(H,18,19)(H,20,21). The highest BCUT2D eigenvalue weighted by Gasteiger charge is 2.51. The summed E-state index contributed by atoms with van der Waals surface area (Å²) in [6.45, 7) is 0. The van der Waals surface area contributed by atoms with Crippen molar-refractivity contribution in [1.29, 1.82) is 0 Å². The number of amides is 1. The number of fused-ring (bicyclic) bond motifs is 2. The number of rotatable bonds is 3. The van der Waals surface area contributed by atoms with Crippen LogP contribution in [0.25, 0.3) is 0 Å². The third-order valence-electron chi connectivity index (χ3n) is 4.26. The van der Waals surface area contributed by atoms with E-state index in [1.54, 1.807) is 18.2 Å². The van der Waals surface area contributed by atoms with Crippen molar-refractivity contribution in [3.05, 3.63) is 40.4 Å². The van der Waals surface area contributed by atoms with Gasteiger partial charge in [-0.25, -0.2) is 0 Å². The van der Waals surface area contributed by atoms with E-state index in [1.807, 2.05) is 12.2 Å². The second-order valence-corrected chi connectivity index (χ2v) is 6.24. The Labute approximate surface area is 131 Å². The fraction of sp³-hybridized carbons (Fsp3) is 0.333. The number of hydrogen-bond donors (Lipinski definition) is 2. The van der Waals surface area contributed by atoms with Gasteiger partial charge in [-0.15, -0.1) is 0 Å². The van der Waals surface area contributed by atoms with Crippen LogP contribution in [0, 0.1) is 23.7 Å². The van der Waals surface area contributed by atoms with Crippen molar-refractivity contribution in [2.45, 2.75) is 6.42 Å². The molecule has 4 unspecified atom stereocenters. The zero-order valence-corrected chi connectivity index (χ0v) is 12.4. The number of para-hydroxylation sites is 1. The molecule has 2 N–H and O–H groups in total. The minimum absolute atomic E-state index is 0.0302. The first-order chi connectivity index (χ1) is 9.99. The molecule has 1 amide bonds. The maximum atomic E-state index is 12.5. The van der Waals surface area contributed by atoms with Crippen molar-refractivity contribution in [2.75, 3.05) is 5.32 Å². The second kappa shape index (κ2) is 5.35. The lowest BCUT2D eigenvalue weighted by Crippen LogP contribution is -2.36. The lowest BCUT2D eigenvalue weighted by Gasteiger charge is -2.24. The molecule has 0 heterocycles. The average molecular weight is 326 g/mol. The molecule has 1 aromatic carbocycles. The lowest BCUT2D eigenvalue weighted by molar-refractivity contribution is -0.146. The summed E-state index contributed by atoms with van der Waals surface area (Å²) in [5.74, 6) is -2.63. The van der Waals surface area contributed by atoms with Crippen molar-refractivity contribution in [3.63, 3.8) is 0 Å². The van der Waals surface area contributed by atoms with Gasteiger partial charge in [-0.05, 0) is 30.4 Å².